The summed E-state index contributed by atoms with van der Waals surface area (Å²) in [6.07, 6.45) is 44.4. The number of unbranched alkanes of at least 4 members (excludes halogenated alkanes) is 23. The van der Waals surface area contributed by atoms with Crippen molar-refractivity contribution in [3.05, 3.63) is 18.5 Å². The summed E-state index contributed by atoms with van der Waals surface area (Å²) in [6, 6.07) is 2.00. The molecule has 0 saturated heterocycles. The lowest BCUT2D eigenvalue weighted by atomic mass is 10.0. The minimum absolute atomic E-state index is 0.00285. The van der Waals surface area contributed by atoms with Crippen molar-refractivity contribution in [3.63, 3.8) is 0 Å². The number of esters is 2. The van der Waals surface area contributed by atoms with E-state index in [2.05, 4.69) is 48.2 Å². The second-order valence-electron chi connectivity index (χ2n) is 18.1. The van der Waals surface area contributed by atoms with Crippen molar-refractivity contribution in [2.45, 2.75) is 265 Å². The standard InChI is InChI=1S/C53H100N4O4/c1-6-10-13-16-21-28-36-48(9-4)60-52(58)39-31-24-19-26-33-44-57(46-35-42-56-51-47-55-43-41-50(51)54-5)45-34-27-20-25-32-40-53(59)61-49(37-29-22-17-14-11-7-2)38-30-23-18-15-12-8-3/h41,43,47-49,56H,6-40,42,44-46H2,1-5H3,(H,54,55). The molecule has 0 aliphatic rings. The van der Waals surface area contributed by atoms with Gasteiger partial charge in [0, 0.05) is 32.6 Å². The molecule has 1 heterocycles. The van der Waals surface area contributed by atoms with Crippen molar-refractivity contribution in [1.29, 1.82) is 0 Å². The topological polar surface area (TPSA) is 92.8 Å². The van der Waals surface area contributed by atoms with Crippen LogP contribution in [-0.4, -0.2) is 67.3 Å². The number of nitrogens with zero attached hydrogens (tertiary/aromatic N) is 2. The van der Waals surface area contributed by atoms with Crippen molar-refractivity contribution >= 4 is 23.3 Å². The van der Waals surface area contributed by atoms with Crippen molar-refractivity contribution in [2.24, 2.45) is 0 Å². The predicted octanol–water partition coefficient (Wildman–Crippen LogP) is 15.4. The smallest absolute Gasteiger partial charge is 0.306 e. The first-order valence-corrected chi connectivity index (χ1v) is 26.4. The minimum Gasteiger partial charge on any atom is -0.462 e. The van der Waals surface area contributed by atoms with Gasteiger partial charge in [0.1, 0.15) is 12.2 Å². The van der Waals surface area contributed by atoms with Gasteiger partial charge in [0.05, 0.1) is 17.6 Å². The lowest BCUT2D eigenvalue weighted by molar-refractivity contribution is -0.150. The number of anilines is 2. The summed E-state index contributed by atoms with van der Waals surface area (Å²) in [4.78, 5) is 32.4. The van der Waals surface area contributed by atoms with Crippen molar-refractivity contribution in [1.82, 2.24) is 9.88 Å². The van der Waals surface area contributed by atoms with Crippen LogP contribution in [-0.2, 0) is 19.1 Å². The van der Waals surface area contributed by atoms with Gasteiger partial charge >= 0.3 is 11.9 Å². The number of hydrogen-bond donors (Lipinski definition) is 2. The maximum atomic E-state index is 12.9. The van der Waals surface area contributed by atoms with E-state index in [0.717, 1.165) is 95.3 Å². The molecular formula is C53H100N4O4. The number of rotatable bonds is 46. The Hall–Kier alpha value is -2.35. The van der Waals surface area contributed by atoms with Gasteiger partial charge in [-0.05, 0) is 103 Å². The Labute approximate surface area is 378 Å². The molecule has 0 saturated carbocycles. The van der Waals surface area contributed by atoms with Crippen molar-refractivity contribution in [3.8, 4) is 0 Å². The molecule has 1 rings (SSSR count). The molecule has 0 aromatic carbocycles. The Morgan fingerprint density at radius 1 is 0.525 bits per heavy atom. The molecule has 1 aromatic heterocycles. The Bertz CT molecular complexity index is 1100. The third-order valence-corrected chi connectivity index (χ3v) is 12.5. The first-order valence-electron chi connectivity index (χ1n) is 26.4. The molecule has 1 aromatic rings. The summed E-state index contributed by atoms with van der Waals surface area (Å²) in [5.74, 6) is 0.0238. The monoisotopic (exact) mass is 857 g/mol. The fraction of sp³-hybridized carbons (Fsp3) is 0.868. The molecule has 0 radical (unpaired) electrons. The summed E-state index contributed by atoms with van der Waals surface area (Å²) in [5, 5.41) is 6.83. The molecular weight excluding hydrogens is 757 g/mol. The molecule has 8 nitrogen and oxygen atoms in total. The van der Waals surface area contributed by atoms with E-state index in [1.807, 2.05) is 25.5 Å². The summed E-state index contributed by atoms with van der Waals surface area (Å²) >= 11 is 0. The van der Waals surface area contributed by atoms with E-state index in [-0.39, 0.29) is 24.1 Å². The Morgan fingerprint density at radius 3 is 1.41 bits per heavy atom. The highest BCUT2D eigenvalue weighted by molar-refractivity contribution is 5.70. The SMILES string of the molecule is CCCCCCCCC(CC)OC(=O)CCCCCCCN(CCCCCCCC(=O)OC(CCCCCCCC)CCCCCCCC)CCCNc1cnccc1NC. The van der Waals surface area contributed by atoms with E-state index in [1.54, 1.807) is 0 Å². The van der Waals surface area contributed by atoms with Gasteiger partial charge in [-0.15, -0.1) is 0 Å². The van der Waals surface area contributed by atoms with E-state index in [4.69, 9.17) is 9.47 Å². The zero-order valence-corrected chi connectivity index (χ0v) is 41.0. The Balaban J connectivity index is 2.41. The first kappa shape index (κ1) is 56.7. The predicted molar refractivity (Wildman–Crippen MR) is 263 cm³/mol. The van der Waals surface area contributed by atoms with Gasteiger partial charge in [0.2, 0.25) is 0 Å². The maximum absolute atomic E-state index is 12.9. The summed E-state index contributed by atoms with van der Waals surface area (Å²) < 4.78 is 11.9. The highest BCUT2D eigenvalue weighted by Crippen LogP contribution is 2.20. The van der Waals surface area contributed by atoms with Crippen LogP contribution in [0.1, 0.15) is 252 Å². The van der Waals surface area contributed by atoms with E-state index in [9.17, 15) is 9.59 Å². The van der Waals surface area contributed by atoms with Gasteiger partial charge in [-0.1, -0.05) is 163 Å². The fourth-order valence-corrected chi connectivity index (χ4v) is 8.44. The number of nitrogens with one attached hydrogen (secondary N) is 2. The number of carbonyl (C=O) groups excluding carboxylic acids is 2. The van der Waals surface area contributed by atoms with Gasteiger partial charge in [-0.3, -0.25) is 14.6 Å². The number of hydrogen-bond acceptors (Lipinski definition) is 8. The van der Waals surface area contributed by atoms with E-state index in [0.29, 0.717) is 12.8 Å². The second kappa shape index (κ2) is 42.9. The van der Waals surface area contributed by atoms with E-state index >= 15 is 0 Å². The highest BCUT2D eigenvalue weighted by atomic mass is 16.5. The van der Waals surface area contributed by atoms with Crippen molar-refractivity contribution in [2.75, 3.05) is 43.9 Å². The molecule has 0 amide bonds. The second-order valence-corrected chi connectivity index (χ2v) is 18.1. The lowest BCUT2D eigenvalue weighted by Gasteiger charge is -2.23. The third-order valence-electron chi connectivity index (χ3n) is 12.5. The van der Waals surface area contributed by atoms with E-state index in [1.165, 1.54) is 154 Å². The number of aromatic nitrogens is 1. The normalized spacial score (nSPS) is 12.0. The Morgan fingerprint density at radius 2 is 0.934 bits per heavy atom. The van der Waals surface area contributed by atoms with Crippen LogP contribution in [0.25, 0.3) is 0 Å². The molecule has 0 fully saturated rings. The maximum Gasteiger partial charge on any atom is 0.306 e. The largest absolute Gasteiger partial charge is 0.462 e. The molecule has 1 unspecified atom stereocenters. The fourth-order valence-electron chi connectivity index (χ4n) is 8.44. The Kier molecular flexibility index (Phi) is 39.9. The van der Waals surface area contributed by atoms with Crippen LogP contribution in [0.3, 0.4) is 0 Å². The molecule has 0 aliphatic heterocycles. The van der Waals surface area contributed by atoms with Gasteiger partial charge in [-0.2, -0.15) is 0 Å². The molecule has 8 heteroatoms. The van der Waals surface area contributed by atoms with Crippen LogP contribution in [0.15, 0.2) is 18.5 Å². The third kappa shape index (κ3) is 34.8. The van der Waals surface area contributed by atoms with Gasteiger partial charge in [0.25, 0.3) is 0 Å². The molecule has 61 heavy (non-hydrogen) atoms. The van der Waals surface area contributed by atoms with Crippen LogP contribution < -0.4 is 10.6 Å². The van der Waals surface area contributed by atoms with Gasteiger partial charge in [-0.25, -0.2) is 0 Å². The van der Waals surface area contributed by atoms with E-state index < -0.39 is 0 Å². The molecule has 0 spiro atoms. The number of ether oxygens (including phenoxy) is 2. The van der Waals surface area contributed by atoms with Crippen LogP contribution in [0.5, 0.6) is 0 Å². The molecule has 1 atom stereocenters. The van der Waals surface area contributed by atoms with Crippen LogP contribution in [0.2, 0.25) is 0 Å². The van der Waals surface area contributed by atoms with Crippen molar-refractivity contribution < 1.29 is 19.1 Å². The molecule has 0 aliphatic carbocycles. The van der Waals surface area contributed by atoms with Crippen LogP contribution in [0.4, 0.5) is 11.4 Å². The summed E-state index contributed by atoms with van der Waals surface area (Å²) in [6.45, 7) is 13.2. The average molecular weight is 857 g/mol. The highest BCUT2D eigenvalue weighted by Gasteiger charge is 2.15. The summed E-state index contributed by atoms with van der Waals surface area (Å²) in [5.41, 5.74) is 2.13. The zero-order chi connectivity index (χ0) is 44.3. The molecule has 0 bridgehead atoms. The van der Waals surface area contributed by atoms with Gasteiger partial charge in [0.15, 0.2) is 0 Å². The minimum atomic E-state index is -0.00285. The van der Waals surface area contributed by atoms with Crippen LogP contribution >= 0.6 is 0 Å². The molecule has 356 valence electrons. The summed E-state index contributed by atoms with van der Waals surface area (Å²) in [7, 11) is 1.95. The number of carbonyl (C=O) groups is 2. The lowest BCUT2D eigenvalue weighted by Crippen LogP contribution is -2.28. The average Bonchev–Trinajstić information content (AvgIpc) is 3.27. The number of pyridine rings is 1. The molecule has 2 N–H and O–H groups in total. The zero-order valence-electron chi connectivity index (χ0n) is 41.0. The first-order chi connectivity index (χ1) is 30.0. The van der Waals surface area contributed by atoms with Gasteiger partial charge < -0.3 is 25.0 Å². The quantitative estimate of drug-likeness (QED) is 0.0495. The van der Waals surface area contributed by atoms with Crippen LogP contribution in [0, 0.1) is 0 Å².